The predicted molar refractivity (Wildman–Crippen MR) is 77.2 cm³/mol. The Morgan fingerprint density at radius 2 is 2.00 bits per heavy atom. The van der Waals surface area contributed by atoms with Crippen molar-refractivity contribution in [3.63, 3.8) is 0 Å². The van der Waals surface area contributed by atoms with Crippen molar-refractivity contribution in [2.45, 2.75) is 50.0 Å². The molecule has 2 nitrogen and oxygen atoms in total. The Morgan fingerprint density at radius 3 is 2.70 bits per heavy atom. The molecule has 4 fully saturated rings. The maximum absolute atomic E-state index is 11.7. The summed E-state index contributed by atoms with van der Waals surface area (Å²) in [5.41, 5.74) is 2.45. The van der Waals surface area contributed by atoms with E-state index in [9.17, 15) is 4.79 Å². The van der Waals surface area contributed by atoms with Gasteiger partial charge in [-0.1, -0.05) is 30.3 Å². The Labute approximate surface area is 119 Å². The minimum absolute atomic E-state index is 0.139. The van der Waals surface area contributed by atoms with E-state index in [0.717, 1.165) is 11.8 Å². The highest BCUT2D eigenvalue weighted by Crippen LogP contribution is 2.88. The molecular weight excluding hydrogens is 246 g/mol. The van der Waals surface area contributed by atoms with E-state index in [-0.39, 0.29) is 11.4 Å². The quantitative estimate of drug-likeness (QED) is 0.877. The summed E-state index contributed by atoms with van der Waals surface area (Å²) in [6, 6.07) is 11.1. The summed E-state index contributed by atoms with van der Waals surface area (Å²) in [7, 11) is 0. The van der Waals surface area contributed by atoms with Gasteiger partial charge < -0.3 is 5.32 Å². The molecule has 0 aromatic heterocycles. The third-order valence-corrected chi connectivity index (χ3v) is 7.21. The van der Waals surface area contributed by atoms with Crippen molar-refractivity contribution in [1.82, 2.24) is 5.32 Å². The summed E-state index contributed by atoms with van der Waals surface area (Å²) >= 11 is 0. The molecule has 1 spiro atoms. The molecule has 1 amide bonds. The van der Waals surface area contributed by atoms with Gasteiger partial charge >= 0.3 is 0 Å². The van der Waals surface area contributed by atoms with Crippen LogP contribution in [0.4, 0.5) is 0 Å². The molecule has 20 heavy (non-hydrogen) atoms. The first-order valence-electron chi connectivity index (χ1n) is 7.96. The first kappa shape index (κ1) is 11.4. The fraction of sp³-hybridized carbons (Fsp3) is 0.611. The van der Waals surface area contributed by atoms with Gasteiger partial charge in [-0.2, -0.15) is 0 Å². The van der Waals surface area contributed by atoms with Gasteiger partial charge in [0, 0.05) is 23.3 Å². The number of hydrogen-bond acceptors (Lipinski definition) is 1. The topological polar surface area (TPSA) is 29.1 Å². The first-order chi connectivity index (χ1) is 9.62. The van der Waals surface area contributed by atoms with Gasteiger partial charge in [-0.25, -0.2) is 0 Å². The van der Waals surface area contributed by atoms with Gasteiger partial charge in [0.05, 0.1) is 0 Å². The van der Waals surface area contributed by atoms with Crippen LogP contribution in [0.15, 0.2) is 30.3 Å². The fourth-order valence-corrected chi connectivity index (χ4v) is 7.15. The van der Waals surface area contributed by atoms with E-state index in [1.54, 1.807) is 6.92 Å². The second-order valence-corrected chi connectivity index (χ2v) is 7.77. The lowest BCUT2D eigenvalue weighted by Gasteiger charge is -2.79. The Morgan fingerprint density at radius 1 is 1.20 bits per heavy atom. The lowest BCUT2D eigenvalue weighted by atomic mass is 9.26. The van der Waals surface area contributed by atoms with Crippen LogP contribution < -0.4 is 5.32 Å². The van der Waals surface area contributed by atoms with E-state index < -0.39 is 0 Å². The van der Waals surface area contributed by atoms with Gasteiger partial charge in [-0.05, 0) is 49.5 Å². The molecule has 4 aliphatic rings. The van der Waals surface area contributed by atoms with Gasteiger partial charge in [0.2, 0.25) is 5.91 Å². The van der Waals surface area contributed by atoms with Gasteiger partial charge in [-0.15, -0.1) is 0 Å². The first-order valence-corrected chi connectivity index (χ1v) is 7.96. The summed E-state index contributed by atoms with van der Waals surface area (Å²) in [4.78, 5) is 11.7. The summed E-state index contributed by atoms with van der Waals surface area (Å²) in [5, 5.41) is 3.39. The van der Waals surface area contributed by atoms with Crippen molar-refractivity contribution in [3.05, 3.63) is 35.9 Å². The maximum Gasteiger partial charge on any atom is 0.217 e. The normalized spacial score (nSPS) is 50.0. The van der Waals surface area contributed by atoms with Crippen molar-refractivity contribution in [2.24, 2.45) is 17.3 Å². The van der Waals surface area contributed by atoms with Crippen LogP contribution in [0.1, 0.15) is 44.6 Å². The van der Waals surface area contributed by atoms with Gasteiger partial charge in [0.15, 0.2) is 0 Å². The van der Waals surface area contributed by atoms with Crippen molar-refractivity contribution in [1.29, 1.82) is 0 Å². The number of benzene rings is 1. The Bertz CT molecular complexity index is 611. The number of nitrogens with one attached hydrogen (secondary N) is 1. The monoisotopic (exact) mass is 267 g/mol. The van der Waals surface area contributed by atoms with Crippen LogP contribution in [0.3, 0.4) is 0 Å². The molecule has 1 aromatic carbocycles. The highest BCUT2D eigenvalue weighted by Gasteiger charge is 2.87. The summed E-state index contributed by atoms with van der Waals surface area (Å²) < 4.78 is 0. The summed E-state index contributed by atoms with van der Waals surface area (Å²) in [6.45, 7) is 1.69. The van der Waals surface area contributed by atoms with E-state index in [1.807, 2.05) is 0 Å². The molecule has 0 saturated heterocycles. The number of amides is 1. The van der Waals surface area contributed by atoms with Crippen LogP contribution in [0.2, 0.25) is 0 Å². The number of carbonyl (C=O) groups is 1. The minimum Gasteiger partial charge on any atom is -0.350 e. The molecule has 104 valence electrons. The zero-order valence-corrected chi connectivity index (χ0v) is 12.0. The zero-order valence-electron chi connectivity index (χ0n) is 12.0. The molecule has 2 heteroatoms. The smallest absolute Gasteiger partial charge is 0.217 e. The molecule has 0 heterocycles. The number of carbonyl (C=O) groups excluding carboxylic acids is 1. The van der Waals surface area contributed by atoms with Gasteiger partial charge in [-0.3, -0.25) is 4.79 Å². The van der Waals surface area contributed by atoms with E-state index >= 15 is 0 Å². The molecule has 2 bridgehead atoms. The summed E-state index contributed by atoms with van der Waals surface area (Å²) in [5.74, 6) is 1.89. The molecule has 4 aliphatic carbocycles. The van der Waals surface area contributed by atoms with E-state index in [4.69, 9.17) is 0 Å². The maximum atomic E-state index is 11.7. The van der Waals surface area contributed by atoms with Crippen molar-refractivity contribution in [2.75, 3.05) is 0 Å². The molecule has 1 aromatic rings. The second kappa shape index (κ2) is 3.13. The largest absolute Gasteiger partial charge is 0.350 e. The number of hydrogen-bond donors (Lipinski definition) is 1. The molecule has 5 atom stereocenters. The third-order valence-electron chi connectivity index (χ3n) is 7.21. The molecule has 0 aliphatic heterocycles. The average Bonchev–Trinajstić information content (AvgIpc) is 2.87. The van der Waals surface area contributed by atoms with Crippen molar-refractivity contribution < 1.29 is 4.79 Å². The highest BCUT2D eigenvalue weighted by molar-refractivity contribution is 5.75. The van der Waals surface area contributed by atoms with Crippen LogP contribution in [0, 0.1) is 17.3 Å². The van der Waals surface area contributed by atoms with E-state index in [0.29, 0.717) is 10.8 Å². The highest BCUT2D eigenvalue weighted by atomic mass is 16.1. The van der Waals surface area contributed by atoms with Gasteiger partial charge in [0.25, 0.3) is 0 Å². The van der Waals surface area contributed by atoms with Crippen LogP contribution in [0.25, 0.3) is 0 Å². The van der Waals surface area contributed by atoms with E-state index in [2.05, 4.69) is 35.6 Å². The molecule has 4 saturated carbocycles. The number of rotatable bonds is 2. The zero-order chi connectivity index (χ0) is 13.6. The second-order valence-electron chi connectivity index (χ2n) is 7.77. The van der Waals surface area contributed by atoms with E-state index in [1.165, 1.54) is 37.7 Å². The van der Waals surface area contributed by atoms with Crippen LogP contribution >= 0.6 is 0 Å². The molecular formula is C18H21NO. The fourth-order valence-electron chi connectivity index (χ4n) is 7.15. The molecule has 5 rings (SSSR count). The van der Waals surface area contributed by atoms with Crippen LogP contribution in [0.5, 0.6) is 0 Å². The SMILES string of the molecule is CC(=O)NC12CC3CC4CC(c5ccccc5)(C1)C42C3. The Balaban J connectivity index is 1.62. The van der Waals surface area contributed by atoms with Gasteiger partial charge in [0.1, 0.15) is 0 Å². The number of fused-ring (bicyclic) bond motifs is 1. The lowest BCUT2D eigenvalue weighted by molar-refractivity contribution is -0.232. The molecule has 1 N–H and O–H groups in total. The third kappa shape index (κ3) is 0.924. The Kier molecular flexibility index (Phi) is 1.78. The minimum atomic E-state index is 0.139. The predicted octanol–water partition coefficient (Wildman–Crippen LogP) is 3.02. The molecule has 5 unspecified atom stereocenters. The van der Waals surface area contributed by atoms with Crippen molar-refractivity contribution >= 4 is 5.91 Å². The summed E-state index contributed by atoms with van der Waals surface area (Å²) in [6.07, 6.45) is 6.53. The Hall–Kier alpha value is -1.31. The lowest BCUT2D eigenvalue weighted by Crippen LogP contribution is -2.84. The van der Waals surface area contributed by atoms with Crippen LogP contribution in [-0.2, 0) is 10.2 Å². The standard InChI is InChI=1S/C18H21NO/c1-12(20)19-17-8-13-7-15-10-16(11-17,18(15,17)9-13)14-5-3-2-4-6-14/h2-6,13,15H,7-11H2,1H3,(H,19,20). The van der Waals surface area contributed by atoms with Crippen LogP contribution in [-0.4, -0.2) is 11.4 Å². The average molecular weight is 267 g/mol. The molecule has 0 radical (unpaired) electrons. The van der Waals surface area contributed by atoms with Crippen molar-refractivity contribution in [3.8, 4) is 0 Å².